The largest absolute Gasteiger partial charge is 0.496 e. The molecule has 0 radical (unpaired) electrons. The highest BCUT2D eigenvalue weighted by molar-refractivity contribution is 9.10. The minimum absolute atomic E-state index is 0.101. The second-order valence-corrected chi connectivity index (χ2v) is 6.71. The van der Waals surface area contributed by atoms with Crippen LogP contribution in [0.15, 0.2) is 40.2 Å². The molecule has 0 aliphatic heterocycles. The molecule has 0 saturated heterocycles. The summed E-state index contributed by atoms with van der Waals surface area (Å²) in [7, 11) is 3.58. The molecule has 0 fully saturated rings. The van der Waals surface area contributed by atoms with Crippen LogP contribution in [0.25, 0.3) is 0 Å². The molecular weight excluding hydrogens is 350 g/mol. The first-order valence-electron chi connectivity index (χ1n) is 6.63. The Labute approximate surface area is 137 Å². The molecule has 0 aliphatic carbocycles. The molecule has 1 aromatic carbocycles. The summed E-state index contributed by atoms with van der Waals surface area (Å²) in [6.07, 6.45) is 0. The molecule has 1 aromatic heterocycles. The topological polar surface area (TPSA) is 29.5 Å². The zero-order valence-corrected chi connectivity index (χ0v) is 14.7. The number of ether oxygens (including phenoxy) is 1. The van der Waals surface area contributed by atoms with E-state index in [1.807, 2.05) is 19.2 Å². The number of ketones is 1. The molecule has 0 amide bonds. The highest BCUT2D eigenvalue weighted by Crippen LogP contribution is 2.27. The van der Waals surface area contributed by atoms with Crippen LogP contribution in [0.2, 0.25) is 0 Å². The number of thiophene rings is 1. The molecule has 5 heteroatoms. The van der Waals surface area contributed by atoms with E-state index in [-0.39, 0.29) is 11.8 Å². The lowest BCUT2D eigenvalue weighted by Gasteiger charge is -2.23. The van der Waals surface area contributed by atoms with Crippen LogP contribution in [0.4, 0.5) is 0 Å². The van der Waals surface area contributed by atoms with Gasteiger partial charge in [0.05, 0.1) is 18.1 Å². The van der Waals surface area contributed by atoms with Crippen LogP contribution in [-0.4, -0.2) is 31.4 Å². The van der Waals surface area contributed by atoms with Crippen molar-refractivity contribution in [2.45, 2.75) is 13.0 Å². The lowest BCUT2D eigenvalue weighted by atomic mass is 10.1. The van der Waals surface area contributed by atoms with E-state index in [0.717, 1.165) is 10.2 Å². The van der Waals surface area contributed by atoms with Crippen LogP contribution < -0.4 is 4.74 Å². The Morgan fingerprint density at radius 3 is 2.76 bits per heavy atom. The quantitative estimate of drug-likeness (QED) is 0.708. The molecule has 1 heterocycles. The molecule has 1 atom stereocenters. The van der Waals surface area contributed by atoms with E-state index < -0.39 is 0 Å². The minimum Gasteiger partial charge on any atom is -0.496 e. The molecular formula is C16H18BrNO2S. The highest BCUT2D eigenvalue weighted by atomic mass is 79.9. The van der Waals surface area contributed by atoms with Gasteiger partial charge in [0.1, 0.15) is 5.75 Å². The van der Waals surface area contributed by atoms with Gasteiger partial charge in [-0.1, -0.05) is 6.07 Å². The fraction of sp³-hybridized carbons (Fsp3) is 0.312. The molecule has 0 N–H and O–H groups in total. The van der Waals surface area contributed by atoms with Crippen LogP contribution >= 0.6 is 27.3 Å². The summed E-state index contributed by atoms with van der Waals surface area (Å²) in [5, 5.41) is 2.06. The molecule has 0 saturated carbocycles. The van der Waals surface area contributed by atoms with Crippen molar-refractivity contribution in [2.24, 2.45) is 0 Å². The molecule has 2 aromatic rings. The third kappa shape index (κ3) is 3.93. The van der Waals surface area contributed by atoms with Crippen LogP contribution in [0.5, 0.6) is 5.75 Å². The minimum atomic E-state index is 0.101. The van der Waals surface area contributed by atoms with Gasteiger partial charge in [-0.05, 0) is 59.5 Å². The number of hydrogen-bond donors (Lipinski definition) is 0. The Bertz CT molecular complexity index is 613. The Morgan fingerprint density at radius 1 is 1.43 bits per heavy atom. The standard InChI is InChI=1S/C16H18BrNO2S/c1-11(16-5-4-8-21-16)18(2)10-14(19)12-6-7-15(20-3)13(17)9-12/h4-9,11H,10H2,1-3H3. The first kappa shape index (κ1) is 16.2. The van der Waals surface area contributed by atoms with E-state index in [2.05, 4.69) is 39.2 Å². The maximum atomic E-state index is 12.4. The predicted octanol–water partition coefficient (Wildman–Crippen LogP) is 4.39. The molecule has 3 nitrogen and oxygen atoms in total. The maximum Gasteiger partial charge on any atom is 0.176 e. The Balaban J connectivity index is 2.05. The normalized spacial score (nSPS) is 12.4. The van der Waals surface area contributed by atoms with Gasteiger partial charge in [-0.15, -0.1) is 11.3 Å². The number of carbonyl (C=O) groups excluding carboxylic acids is 1. The van der Waals surface area contributed by atoms with Gasteiger partial charge in [0.15, 0.2) is 5.78 Å². The number of methoxy groups -OCH3 is 1. The van der Waals surface area contributed by atoms with E-state index in [0.29, 0.717) is 12.1 Å². The van der Waals surface area contributed by atoms with Crippen LogP contribution in [0.1, 0.15) is 28.2 Å². The van der Waals surface area contributed by atoms with Crippen molar-refractivity contribution in [3.05, 3.63) is 50.6 Å². The number of Topliss-reactive ketones (excluding diaryl/α,β-unsaturated/α-hetero) is 1. The van der Waals surface area contributed by atoms with Gasteiger partial charge in [-0.2, -0.15) is 0 Å². The third-order valence-corrected chi connectivity index (χ3v) is 5.15. The fourth-order valence-corrected chi connectivity index (χ4v) is 3.43. The zero-order chi connectivity index (χ0) is 15.4. The van der Waals surface area contributed by atoms with Crippen LogP contribution in [0, 0.1) is 0 Å². The predicted molar refractivity (Wildman–Crippen MR) is 90.4 cm³/mol. The Morgan fingerprint density at radius 2 is 2.19 bits per heavy atom. The average molecular weight is 368 g/mol. The lowest BCUT2D eigenvalue weighted by molar-refractivity contribution is 0.0925. The summed E-state index contributed by atoms with van der Waals surface area (Å²) in [5.74, 6) is 0.830. The SMILES string of the molecule is COc1ccc(C(=O)CN(C)C(C)c2cccs2)cc1Br. The van der Waals surface area contributed by atoms with Gasteiger partial charge in [0.25, 0.3) is 0 Å². The van der Waals surface area contributed by atoms with Crippen molar-refractivity contribution in [3.8, 4) is 5.75 Å². The van der Waals surface area contributed by atoms with Gasteiger partial charge in [0.2, 0.25) is 0 Å². The zero-order valence-electron chi connectivity index (χ0n) is 12.3. The van der Waals surface area contributed by atoms with Gasteiger partial charge < -0.3 is 4.74 Å². The molecule has 112 valence electrons. The first-order chi connectivity index (χ1) is 10.0. The molecule has 0 bridgehead atoms. The number of likely N-dealkylation sites (N-methyl/N-ethyl adjacent to an activating group) is 1. The number of halogens is 1. The van der Waals surface area contributed by atoms with Gasteiger partial charge in [0, 0.05) is 16.5 Å². The van der Waals surface area contributed by atoms with Crippen molar-refractivity contribution < 1.29 is 9.53 Å². The number of carbonyl (C=O) groups is 1. The number of hydrogen-bond acceptors (Lipinski definition) is 4. The second-order valence-electron chi connectivity index (χ2n) is 4.88. The van der Waals surface area contributed by atoms with Crippen molar-refractivity contribution >= 4 is 33.0 Å². The maximum absolute atomic E-state index is 12.4. The summed E-state index contributed by atoms with van der Waals surface area (Å²) < 4.78 is 5.98. The lowest BCUT2D eigenvalue weighted by Crippen LogP contribution is -2.28. The molecule has 21 heavy (non-hydrogen) atoms. The summed E-state index contributed by atoms with van der Waals surface area (Å²) >= 11 is 5.13. The molecule has 0 spiro atoms. The summed E-state index contributed by atoms with van der Waals surface area (Å²) in [6.45, 7) is 2.50. The molecule has 1 unspecified atom stereocenters. The first-order valence-corrected chi connectivity index (χ1v) is 8.30. The Kier molecular flexibility index (Phi) is 5.56. The van der Waals surface area contributed by atoms with Gasteiger partial charge >= 0.3 is 0 Å². The highest BCUT2D eigenvalue weighted by Gasteiger charge is 2.17. The molecule has 0 aliphatic rings. The van der Waals surface area contributed by atoms with E-state index in [1.54, 1.807) is 30.6 Å². The van der Waals surface area contributed by atoms with E-state index in [1.165, 1.54) is 4.88 Å². The van der Waals surface area contributed by atoms with Crippen molar-refractivity contribution in [1.82, 2.24) is 4.90 Å². The number of rotatable bonds is 6. The van der Waals surface area contributed by atoms with Crippen molar-refractivity contribution in [3.63, 3.8) is 0 Å². The van der Waals surface area contributed by atoms with Gasteiger partial charge in [-0.3, -0.25) is 9.69 Å². The number of benzene rings is 1. The smallest absolute Gasteiger partial charge is 0.176 e. The van der Waals surface area contributed by atoms with Crippen molar-refractivity contribution in [2.75, 3.05) is 20.7 Å². The van der Waals surface area contributed by atoms with Gasteiger partial charge in [-0.25, -0.2) is 0 Å². The number of nitrogens with zero attached hydrogens (tertiary/aromatic N) is 1. The Hall–Kier alpha value is -1.17. The summed E-state index contributed by atoms with van der Waals surface area (Å²) in [5.41, 5.74) is 0.688. The van der Waals surface area contributed by atoms with E-state index >= 15 is 0 Å². The van der Waals surface area contributed by atoms with Crippen molar-refractivity contribution in [1.29, 1.82) is 0 Å². The second kappa shape index (κ2) is 7.20. The average Bonchev–Trinajstić information content (AvgIpc) is 3.00. The van der Waals surface area contributed by atoms with Crippen LogP contribution in [-0.2, 0) is 0 Å². The summed E-state index contributed by atoms with van der Waals surface area (Å²) in [6, 6.07) is 9.78. The summed E-state index contributed by atoms with van der Waals surface area (Å²) in [4.78, 5) is 15.7. The van der Waals surface area contributed by atoms with E-state index in [9.17, 15) is 4.79 Å². The monoisotopic (exact) mass is 367 g/mol. The van der Waals surface area contributed by atoms with Crippen LogP contribution in [0.3, 0.4) is 0 Å². The molecule has 2 rings (SSSR count). The third-order valence-electron chi connectivity index (χ3n) is 3.48. The fourth-order valence-electron chi connectivity index (χ4n) is 2.04. The van der Waals surface area contributed by atoms with E-state index in [4.69, 9.17) is 4.74 Å².